The zero-order chi connectivity index (χ0) is 19.5. The lowest BCUT2D eigenvalue weighted by atomic mass is 10.0. The lowest BCUT2D eigenvalue weighted by molar-refractivity contribution is 0.0600. The van der Waals surface area contributed by atoms with Crippen LogP contribution in [0.15, 0.2) is 36.7 Å². The van der Waals surface area contributed by atoms with E-state index in [-0.39, 0.29) is 5.97 Å². The first-order chi connectivity index (χ1) is 13.6. The van der Waals surface area contributed by atoms with Crippen molar-refractivity contribution in [3.63, 3.8) is 0 Å². The minimum Gasteiger partial charge on any atom is -0.465 e. The Morgan fingerprint density at radius 2 is 2.11 bits per heavy atom. The number of likely N-dealkylation sites (tertiary alicyclic amines) is 1. The number of hydrogen-bond donors (Lipinski definition) is 1. The van der Waals surface area contributed by atoms with E-state index in [4.69, 9.17) is 4.74 Å². The largest absolute Gasteiger partial charge is 0.465 e. The van der Waals surface area contributed by atoms with Gasteiger partial charge in [-0.3, -0.25) is 4.90 Å². The molecule has 0 radical (unpaired) electrons. The fourth-order valence-electron chi connectivity index (χ4n) is 3.69. The second kappa shape index (κ2) is 8.24. The summed E-state index contributed by atoms with van der Waals surface area (Å²) in [6, 6.07) is 10.3. The van der Waals surface area contributed by atoms with E-state index < -0.39 is 0 Å². The monoisotopic (exact) mass is 396 g/mol. The first kappa shape index (κ1) is 18.8. The lowest BCUT2D eigenvalue weighted by Gasteiger charge is -2.32. The Morgan fingerprint density at radius 3 is 2.89 bits per heavy atom. The average molecular weight is 397 g/mol. The number of anilines is 1. The predicted molar refractivity (Wildman–Crippen MR) is 112 cm³/mol. The summed E-state index contributed by atoms with van der Waals surface area (Å²) in [6.45, 7) is 4.97. The molecule has 7 heteroatoms. The minimum absolute atomic E-state index is 0.287. The van der Waals surface area contributed by atoms with Gasteiger partial charge in [0.25, 0.3) is 0 Å². The van der Waals surface area contributed by atoms with Gasteiger partial charge in [0.05, 0.1) is 18.1 Å². The van der Waals surface area contributed by atoms with Gasteiger partial charge in [-0.15, -0.1) is 11.3 Å². The van der Waals surface area contributed by atoms with Crippen LogP contribution in [0.2, 0.25) is 0 Å². The lowest BCUT2D eigenvalue weighted by Crippen LogP contribution is -2.38. The van der Waals surface area contributed by atoms with Crippen molar-refractivity contribution < 1.29 is 9.53 Å². The Labute approximate surface area is 168 Å². The molecule has 1 aliphatic heterocycles. The standard InChI is InChI=1S/C21H24N4O2S/c1-14-10-18-19(22-13-23-20(18)28-14)24-17-6-8-25(9-7-17)12-15-4-3-5-16(11-15)21(26)27-2/h3-5,10-11,13,17H,6-9,12H2,1-2H3,(H,22,23,24). The van der Waals surface area contributed by atoms with Crippen molar-refractivity contribution in [1.82, 2.24) is 14.9 Å². The molecule has 0 unspecified atom stereocenters. The smallest absolute Gasteiger partial charge is 0.337 e. The van der Waals surface area contributed by atoms with Gasteiger partial charge in [0.1, 0.15) is 17.0 Å². The summed E-state index contributed by atoms with van der Waals surface area (Å²) in [7, 11) is 1.41. The molecule has 0 spiro atoms. The van der Waals surface area contributed by atoms with Crippen molar-refractivity contribution in [2.45, 2.75) is 32.4 Å². The fraction of sp³-hybridized carbons (Fsp3) is 0.381. The number of esters is 1. The normalized spacial score (nSPS) is 15.6. The number of nitrogens with one attached hydrogen (secondary N) is 1. The Morgan fingerprint density at radius 1 is 1.29 bits per heavy atom. The van der Waals surface area contributed by atoms with Crippen LogP contribution in [0.25, 0.3) is 10.2 Å². The zero-order valence-corrected chi connectivity index (χ0v) is 17.0. The molecule has 1 aliphatic rings. The van der Waals surface area contributed by atoms with Crippen LogP contribution in [-0.2, 0) is 11.3 Å². The van der Waals surface area contributed by atoms with Crippen molar-refractivity contribution in [3.05, 3.63) is 52.7 Å². The van der Waals surface area contributed by atoms with Gasteiger partial charge in [-0.1, -0.05) is 12.1 Å². The maximum atomic E-state index is 11.7. The molecule has 0 bridgehead atoms. The number of nitrogens with zero attached hydrogens (tertiary/aromatic N) is 3. The van der Waals surface area contributed by atoms with Crippen LogP contribution in [0.5, 0.6) is 0 Å². The SMILES string of the molecule is COC(=O)c1cccc(CN2CCC(Nc3ncnc4sc(C)cc34)CC2)c1. The summed E-state index contributed by atoms with van der Waals surface area (Å²) in [6.07, 6.45) is 3.76. The molecule has 0 saturated carbocycles. The summed E-state index contributed by atoms with van der Waals surface area (Å²) >= 11 is 1.70. The molecule has 1 fully saturated rings. The van der Waals surface area contributed by atoms with Crippen LogP contribution in [0, 0.1) is 6.92 Å². The van der Waals surface area contributed by atoms with E-state index in [2.05, 4.69) is 39.2 Å². The number of carbonyl (C=O) groups is 1. The number of carbonyl (C=O) groups excluding carboxylic acids is 1. The van der Waals surface area contributed by atoms with Crippen LogP contribution in [0.4, 0.5) is 5.82 Å². The van der Waals surface area contributed by atoms with Crippen LogP contribution in [-0.4, -0.2) is 47.1 Å². The predicted octanol–water partition coefficient (Wildman–Crippen LogP) is 3.86. The third-order valence-corrected chi connectivity index (χ3v) is 6.09. The summed E-state index contributed by atoms with van der Waals surface area (Å²) in [5, 5.41) is 4.74. The van der Waals surface area contributed by atoms with Gasteiger partial charge >= 0.3 is 5.97 Å². The Hall–Kier alpha value is -2.51. The third-order valence-electron chi connectivity index (χ3n) is 5.14. The number of benzene rings is 1. The number of fused-ring (bicyclic) bond motifs is 1. The maximum absolute atomic E-state index is 11.7. The van der Waals surface area contributed by atoms with Gasteiger partial charge in [0, 0.05) is 30.6 Å². The van der Waals surface area contributed by atoms with Crippen molar-refractivity contribution >= 4 is 33.3 Å². The average Bonchev–Trinajstić information content (AvgIpc) is 3.10. The molecular formula is C21H24N4O2S. The second-order valence-corrected chi connectivity index (χ2v) is 8.42. The number of thiophene rings is 1. The molecule has 6 nitrogen and oxygen atoms in total. The molecule has 3 heterocycles. The number of ether oxygens (including phenoxy) is 1. The number of rotatable bonds is 5. The van der Waals surface area contributed by atoms with E-state index in [0.29, 0.717) is 11.6 Å². The molecule has 0 amide bonds. The van der Waals surface area contributed by atoms with E-state index in [0.717, 1.165) is 54.1 Å². The van der Waals surface area contributed by atoms with E-state index in [1.807, 2.05) is 12.1 Å². The number of aryl methyl sites for hydroxylation is 1. The molecule has 3 aromatic rings. The number of hydrogen-bond acceptors (Lipinski definition) is 7. The van der Waals surface area contributed by atoms with Crippen molar-refractivity contribution in [3.8, 4) is 0 Å². The van der Waals surface area contributed by atoms with E-state index in [1.54, 1.807) is 23.7 Å². The van der Waals surface area contributed by atoms with Crippen LogP contribution < -0.4 is 5.32 Å². The molecule has 1 saturated heterocycles. The van der Waals surface area contributed by atoms with Gasteiger partial charge in [0.2, 0.25) is 0 Å². The van der Waals surface area contributed by atoms with E-state index in [9.17, 15) is 4.79 Å². The molecular weight excluding hydrogens is 372 g/mol. The van der Waals surface area contributed by atoms with E-state index >= 15 is 0 Å². The summed E-state index contributed by atoms with van der Waals surface area (Å²) < 4.78 is 4.81. The maximum Gasteiger partial charge on any atom is 0.337 e. The molecule has 0 aliphatic carbocycles. The van der Waals surface area contributed by atoms with Crippen molar-refractivity contribution in [2.24, 2.45) is 0 Å². The highest BCUT2D eigenvalue weighted by Crippen LogP contribution is 2.29. The van der Waals surface area contributed by atoms with Crippen LogP contribution in [0.1, 0.15) is 33.6 Å². The molecule has 1 aromatic carbocycles. The highest BCUT2D eigenvalue weighted by atomic mass is 32.1. The van der Waals surface area contributed by atoms with Crippen molar-refractivity contribution in [2.75, 3.05) is 25.5 Å². The van der Waals surface area contributed by atoms with Crippen LogP contribution in [0.3, 0.4) is 0 Å². The highest BCUT2D eigenvalue weighted by molar-refractivity contribution is 7.18. The number of methoxy groups -OCH3 is 1. The topological polar surface area (TPSA) is 67.3 Å². The first-order valence-corrected chi connectivity index (χ1v) is 10.3. The molecule has 146 valence electrons. The summed E-state index contributed by atoms with van der Waals surface area (Å²) in [5.74, 6) is 0.656. The second-order valence-electron chi connectivity index (χ2n) is 7.18. The van der Waals surface area contributed by atoms with Crippen LogP contribution >= 0.6 is 11.3 Å². The molecule has 0 atom stereocenters. The molecule has 4 rings (SSSR count). The fourth-order valence-corrected chi connectivity index (χ4v) is 4.54. The summed E-state index contributed by atoms with van der Waals surface area (Å²) in [4.78, 5) is 25.3. The molecule has 28 heavy (non-hydrogen) atoms. The Kier molecular flexibility index (Phi) is 5.54. The number of piperidine rings is 1. The summed E-state index contributed by atoms with van der Waals surface area (Å²) in [5.41, 5.74) is 1.75. The van der Waals surface area contributed by atoms with Gasteiger partial charge in [-0.05, 0) is 43.5 Å². The van der Waals surface area contributed by atoms with Gasteiger partial charge in [-0.2, -0.15) is 0 Å². The third kappa shape index (κ3) is 4.15. The number of aromatic nitrogens is 2. The van der Waals surface area contributed by atoms with E-state index in [1.165, 1.54) is 12.0 Å². The highest BCUT2D eigenvalue weighted by Gasteiger charge is 2.21. The van der Waals surface area contributed by atoms with Crippen molar-refractivity contribution in [1.29, 1.82) is 0 Å². The molecule has 1 N–H and O–H groups in total. The van der Waals surface area contributed by atoms with Gasteiger partial charge < -0.3 is 10.1 Å². The molecule has 2 aromatic heterocycles. The van der Waals surface area contributed by atoms with Gasteiger partial charge in [0.15, 0.2) is 0 Å². The Bertz CT molecular complexity index is 979. The quantitative estimate of drug-likeness (QED) is 0.661. The first-order valence-electron chi connectivity index (χ1n) is 9.49. The van der Waals surface area contributed by atoms with Gasteiger partial charge in [-0.25, -0.2) is 14.8 Å². The zero-order valence-electron chi connectivity index (χ0n) is 16.1. The Balaban J connectivity index is 1.35. The minimum atomic E-state index is -0.287.